The summed E-state index contributed by atoms with van der Waals surface area (Å²) < 4.78 is 7.30. The summed E-state index contributed by atoms with van der Waals surface area (Å²) in [6.45, 7) is 18.3. The predicted molar refractivity (Wildman–Crippen MR) is 145 cm³/mol. The van der Waals surface area contributed by atoms with Gasteiger partial charge in [0.1, 0.15) is 17.8 Å². The molecule has 1 aliphatic rings. The number of hydrogen-bond donors (Lipinski definition) is 1. The molecule has 7 nitrogen and oxygen atoms in total. The number of carbonyl (C=O) groups is 2. The van der Waals surface area contributed by atoms with Crippen molar-refractivity contribution in [2.24, 2.45) is 23.7 Å². The molecule has 0 aliphatic heterocycles. The summed E-state index contributed by atoms with van der Waals surface area (Å²) in [7, 11) is 0. The highest BCUT2D eigenvalue weighted by Gasteiger charge is 2.36. The molecule has 196 valence electrons. The van der Waals surface area contributed by atoms with E-state index in [2.05, 4.69) is 30.7 Å². The van der Waals surface area contributed by atoms with Gasteiger partial charge in [-0.25, -0.2) is 19.1 Å². The second kappa shape index (κ2) is 10.5. The fourth-order valence-electron chi connectivity index (χ4n) is 5.63. The Morgan fingerprint density at radius 1 is 1.27 bits per heavy atom. The molecule has 0 spiro atoms. The van der Waals surface area contributed by atoms with Gasteiger partial charge in [-0.05, 0) is 68.9 Å². The van der Waals surface area contributed by atoms with Crippen LogP contribution in [0.3, 0.4) is 0 Å². The van der Waals surface area contributed by atoms with E-state index >= 15 is 0 Å². The summed E-state index contributed by atoms with van der Waals surface area (Å²) in [5.74, 6) is 1.65. The fourth-order valence-corrected chi connectivity index (χ4v) is 6.18. The van der Waals surface area contributed by atoms with Crippen molar-refractivity contribution in [1.29, 1.82) is 0 Å². The minimum Gasteiger partial charge on any atom is -0.414 e. The number of H-pyrrole nitrogens is 1. The van der Waals surface area contributed by atoms with Gasteiger partial charge in [0.25, 0.3) is 5.69 Å². The molecule has 0 radical (unpaired) electrons. The lowest BCUT2D eigenvalue weighted by molar-refractivity contribution is -0.111. The summed E-state index contributed by atoms with van der Waals surface area (Å²) in [5, 5.41) is 3.40. The molecular weight excluding hydrogens is 511 g/mol. The van der Waals surface area contributed by atoms with Crippen LogP contribution in [0.5, 0.6) is 5.88 Å². The van der Waals surface area contributed by atoms with Gasteiger partial charge < -0.3 is 9.53 Å². The number of esters is 1. The van der Waals surface area contributed by atoms with Crippen LogP contribution in [0.25, 0.3) is 10.5 Å². The SMILES string of the molecule is [C-]#[N+]c1c(CC2C(C)CC(CC)CC2C)c2nc(C(C)(C)C=O)[nH]n2c1OC(=O)c1c(Cl)cccc1Cl. The van der Waals surface area contributed by atoms with Crippen molar-refractivity contribution in [2.75, 3.05) is 0 Å². The van der Waals surface area contributed by atoms with Crippen LogP contribution in [-0.2, 0) is 16.6 Å². The van der Waals surface area contributed by atoms with Crippen molar-refractivity contribution < 1.29 is 14.3 Å². The molecule has 9 heteroatoms. The zero-order valence-electron chi connectivity index (χ0n) is 21.8. The average Bonchev–Trinajstić information content (AvgIpc) is 3.40. The number of aldehydes is 1. The van der Waals surface area contributed by atoms with Gasteiger partial charge >= 0.3 is 5.97 Å². The van der Waals surface area contributed by atoms with Crippen molar-refractivity contribution in [2.45, 2.75) is 65.7 Å². The Balaban J connectivity index is 1.83. The first-order valence-electron chi connectivity index (χ1n) is 12.7. The van der Waals surface area contributed by atoms with Crippen LogP contribution in [0.2, 0.25) is 10.0 Å². The molecule has 2 atom stereocenters. The summed E-state index contributed by atoms with van der Waals surface area (Å²) in [6.07, 6.45) is 4.89. The maximum Gasteiger partial charge on any atom is 0.346 e. The lowest BCUT2D eigenvalue weighted by Crippen LogP contribution is -2.31. The van der Waals surface area contributed by atoms with Crippen LogP contribution in [0.1, 0.15) is 75.6 Å². The Bertz CT molecular complexity index is 1350. The smallest absolute Gasteiger partial charge is 0.346 e. The van der Waals surface area contributed by atoms with E-state index in [0.29, 0.717) is 47.1 Å². The van der Waals surface area contributed by atoms with Crippen molar-refractivity contribution in [1.82, 2.24) is 14.6 Å². The van der Waals surface area contributed by atoms with E-state index in [1.54, 1.807) is 32.0 Å². The van der Waals surface area contributed by atoms with E-state index in [0.717, 1.165) is 19.1 Å². The van der Waals surface area contributed by atoms with Crippen LogP contribution in [0.4, 0.5) is 5.69 Å². The van der Waals surface area contributed by atoms with Crippen LogP contribution >= 0.6 is 23.2 Å². The zero-order chi connectivity index (χ0) is 27.1. The number of fused-ring (bicyclic) bond motifs is 1. The molecule has 37 heavy (non-hydrogen) atoms. The fraction of sp³-hybridized carbons (Fsp3) is 0.500. The average molecular weight is 543 g/mol. The summed E-state index contributed by atoms with van der Waals surface area (Å²) in [6, 6.07) is 4.74. The topological polar surface area (TPSA) is 80.8 Å². The van der Waals surface area contributed by atoms with Crippen LogP contribution in [0, 0.1) is 30.2 Å². The number of hydrogen-bond acceptors (Lipinski definition) is 4. The maximum atomic E-state index is 13.2. The first-order valence-corrected chi connectivity index (χ1v) is 13.4. The second-order valence-electron chi connectivity index (χ2n) is 10.9. The molecule has 1 N–H and O–H groups in total. The van der Waals surface area contributed by atoms with Gasteiger partial charge in [0.05, 0.1) is 27.6 Å². The number of benzene rings is 1. The summed E-state index contributed by atoms with van der Waals surface area (Å²) >= 11 is 12.5. The van der Waals surface area contributed by atoms with Gasteiger partial charge in [-0.15, -0.1) is 0 Å². The highest BCUT2D eigenvalue weighted by Crippen LogP contribution is 2.45. The van der Waals surface area contributed by atoms with Gasteiger partial charge in [0.15, 0.2) is 0 Å². The molecule has 0 saturated heterocycles. The number of carbonyl (C=O) groups excluding carboxylic acids is 2. The molecule has 1 fully saturated rings. The highest BCUT2D eigenvalue weighted by atomic mass is 35.5. The number of rotatable bonds is 7. The van der Waals surface area contributed by atoms with E-state index in [1.165, 1.54) is 10.9 Å². The zero-order valence-corrected chi connectivity index (χ0v) is 23.3. The largest absolute Gasteiger partial charge is 0.414 e. The van der Waals surface area contributed by atoms with Gasteiger partial charge in [-0.3, -0.25) is 5.10 Å². The van der Waals surface area contributed by atoms with Gasteiger partial charge in [0, 0.05) is 5.56 Å². The van der Waals surface area contributed by atoms with E-state index in [1.807, 2.05) is 0 Å². The van der Waals surface area contributed by atoms with E-state index < -0.39 is 11.4 Å². The molecule has 2 unspecified atom stereocenters. The molecule has 4 rings (SSSR count). The molecule has 0 bridgehead atoms. The number of halogens is 2. The minimum atomic E-state index is -0.901. The molecule has 2 heterocycles. The van der Waals surface area contributed by atoms with Gasteiger partial charge in [-0.1, -0.05) is 56.5 Å². The Morgan fingerprint density at radius 3 is 2.43 bits per heavy atom. The van der Waals surface area contributed by atoms with Crippen molar-refractivity contribution in [3.8, 4) is 5.88 Å². The third-order valence-electron chi connectivity index (χ3n) is 7.87. The first-order chi connectivity index (χ1) is 17.5. The Kier molecular flexibility index (Phi) is 7.73. The first kappa shape index (κ1) is 27.2. The highest BCUT2D eigenvalue weighted by molar-refractivity contribution is 6.39. The molecule has 1 aromatic carbocycles. The van der Waals surface area contributed by atoms with Crippen molar-refractivity contribution in [3.63, 3.8) is 0 Å². The molecule has 1 aliphatic carbocycles. The van der Waals surface area contributed by atoms with Gasteiger partial charge in [-0.2, -0.15) is 0 Å². The summed E-state index contributed by atoms with van der Waals surface area (Å²) in [5.41, 5.74) is 0.544. The van der Waals surface area contributed by atoms with E-state index in [4.69, 9.17) is 39.5 Å². The lowest BCUT2D eigenvalue weighted by Gasteiger charge is -2.39. The second-order valence-corrected chi connectivity index (χ2v) is 11.7. The van der Waals surface area contributed by atoms with Crippen LogP contribution in [-0.4, -0.2) is 26.9 Å². The van der Waals surface area contributed by atoms with Crippen LogP contribution in [0.15, 0.2) is 18.2 Å². The molecule has 0 amide bonds. The monoisotopic (exact) mass is 542 g/mol. The van der Waals surface area contributed by atoms with Gasteiger partial charge in [0.2, 0.25) is 5.88 Å². The minimum absolute atomic E-state index is 0.0176. The van der Waals surface area contributed by atoms with Crippen LogP contribution < -0.4 is 4.74 Å². The third kappa shape index (κ3) is 5.02. The number of aromatic amines is 1. The molecule has 1 saturated carbocycles. The predicted octanol–water partition coefficient (Wildman–Crippen LogP) is 7.47. The number of nitrogens with one attached hydrogen (secondary N) is 1. The number of nitrogens with zero attached hydrogens (tertiary/aromatic N) is 3. The lowest BCUT2D eigenvalue weighted by atomic mass is 9.66. The van der Waals surface area contributed by atoms with Crippen molar-refractivity contribution >= 4 is 46.8 Å². The van der Waals surface area contributed by atoms with E-state index in [-0.39, 0.29) is 27.2 Å². The van der Waals surface area contributed by atoms with Crippen molar-refractivity contribution in [3.05, 3.63) is 56.6 Å². The molecule has 2 aromatic heterocycles. The normalized spacial score (nSPS) is 22.1. The molecular formula is C28H32Cl2N4O3. The quantitative estimate of drug-likeness (QED) is 0.191. The maximum absolute atomic E-state index is 13.2. The standard InChI is InChI=1S/C28H32Cl2N4O3/c1-7-17-11-15(2)18(16(3)12-17)13-19-23(31-6)25(34-24(19)32-27(33-34)28(4,5)14-35)37-26(36)22-20(29)9-8-10-21(22)30/h8-10,14-18H,7,11-13H2,1-5H3,(H,32,33). The number of aromatic nitrogens is 3. The Labute approximate surface area is 227 Å². The molecule has 3 aromatic rings. The van der Waals surface area contributed by atoms with E-state index in [9.17, 15) is 9.59 Å². The Morgan fingerprint density at radius 2 is 1.89 bits per heavy atom. The number of ether oxygens (including phenoxy) is 1. The Hall–Kier alpha value is -2.82. The summed E-state index contributed by atoms with van der Waals surface area (Å²) in [4.78, 5) is 33.5. The third-order valence-corrected chi connectivity index (χ3v) is 8.50.